The summed E-state index contributed by atoms with van der Waals surface area (Å²) in [4.78, 5) is 19.2. The molecule has 3 aromatic carbocycles. The molecule has 0 saturated heterocycles. The molecule has 0 bridgehead atoms. The second-order valence-electron chi connectivity index (χ2n) is 8.14. The van der Waals surface area contributed by atoms with Gasteiger partial charge in [0.05, 0.1) is 17.3 Å². The van der Waals surface area contributed by atoms with Crippen LogP contribution in [0.15, 0.2) is 77.0 Å². The van der Waals surface area contributed by atoms with Crippen LogP contribution in [0, 0.1) is 18.6 Å². The normalized spacial score (nSPS) is 16.0. The van der Waals surface area contributed by atoms with Crippen molar-refractivity contribution >= 4 is 28.9 Å². The second-order valence-corrected chi connectivity index (χ2v) is 8.54. The number of amides is 2. The number of nitrogens with zero attached hydrogens (tertiary/aromatic N) is 3. The first-order chi connectivity index (χ1) is 16.8. The van der Waals surface area contributed by atoms with E-state index in [0.717, 1.165) is 5.56 Å². The molecule has 1 aliphatic heterocycles. The number of carbonyl (C=O) groups excluding carboxylic acids is 1. The molecule has 2 heterocycles. The van der Waals surface area contributed by atoms with Gasteiger partial charge >= 0.3 is 6.03 Å². The minimum atomic E-state index is -0.753. The molecular weight excluding hydrogens is 474 g/mol. The molecule has 0 fully saturated rings. The molecule has 0 spiro atoms. The van der Waals surface area contributed by atoms with Gasteiger partial charge in [0.1, 0.15) is 11.6 Å². The van der Waals surface area contributed by atoms with Crippen LogP contribution in [-0.4, -0.2) is 16.2 Å². The highest BCUT2D eigenvalue weighted by atomic mass is 35.5. The summed E-state index contributed by atoms with van der Waals surface area (Å²) in [6.45, 7) is 3.61. The number of benzene rings is 3. The van der Waals surface area contributed by atoms with Crippen molar-refractivity contribution in [2.45, 2.75) is 19.9 Å². The Kier molecular flexibility index (Phi) is 5.82. The lowest BCUT2D eigenvalue weighted by Gasteiger charge is -2.35. The molecule has 1 unspecified atom stereocenters. The number of rotatable bonds is 4. The number of carbonyl (C=O) groups is 1. The van der Waals surface area contributed by atoms with Crippen molar-refractivity contribution in [2.24, 2.45) is 0 Å². The van der Waals surface area contributed by atoms with Crippen LogP contribution in [0.25, 0.3) is 17.0 Å². The van der Waals surface area contributed by atoms with Gasteiger partial charge in [-0.05, 0) is 73.5 Å². The lowest BCUT2D eigenvalue weighted by Crippen LogP contribution is -2.46. The maximum absolute atomic E-state index is 14.1. The smallest absolute Gasteiger partial charge is 0.326 e. The number of hydrogen-bond acceptors (Lipinski definition) is 4. The minimum absolute atomic E-state index is 0.138. The molecule has 1 atom stereocenters. The summed E-state index contributed by atoms with van der Waals surface area (Å²) in [5, 5.41) is 7.47. The van der Waals surface area contributed by atoms with Crippen LogP contribution in [0.3, 0.4) is 0 Å². The number of halogens is 3. The van der Waals surface area contributed by atoms with Crippen LogP contribution in [-0.2, 0) is 0 Å². The average Bonchev–Trinajstić information content (AvgIpc) is 3.31. The Hall–Kier alpha value is -4.04. The van der Waals surface area contributed by atoms with E-state index in [-0.39, 0.29) is 17.5 Å². The molecule has 0 radical (unpaired) electrons. The van der Waals surface area contributed by atoms with Gasteiger partial charge in [-0.3, -0.25) is 4.90 Å². The van der Waals surface area contributed by atoms with Gasteiger partial charge in [-0.25, -0.2) is 13.6 Å². The van der Waals surface area contributed by atoms with Crippen molar-refractivity contribution in [3.8, 4) is 11.4 Å². The Morgan fingerprint density at radius 3 is 2.49 bits per heavy atom. The summed E-state index contributed by atoms with van der Waals surface area (Å²) in [7, 11) is 0. The molecule has 1 aliphatic rings. The monoisotopic (exact) mass is 492 g/mol. The van der Waals surface area contributed by atoms with Gasteiger partial charge in [0, 0.05) is 16.3 Å². The van der Waals surface area contributed by atoms with E-state index in [1.165, 1.54) is 29.2 Å². The molecule has 35 heavy (non-hydrogen) atoms. The van der Waals surface area contributed by atoms with Crippen molar-refractivity contribution < 1.29 is 18.1 Å². The maximum Gasteiger partial charge on any atom is 0.326 e. The number of aryl methyl sites for hydroxylation is 1. The molecule has 4 aromatic rings. The molecule has 9 heteroatoms. The van der Waals surface area contributed by atoms with Gasteiger partial charge in [0.2, 0.25) is 5.82 Å². The van der Waals surface area contributed by atoms with Gasteiger partial charge in [0.25, 0.3) is 5.89 Å². The fourth-order valence-corrected chi connectivity index (χ4v) is 4.21. The van der Waals surface area contributed by atoms with E-state index < -0.39 is 17.9 Å². The lowest BCUT2D eigenvalue weighted by molar-refractivity contribution is 0.244. The van der Waals surface area contributed by atoms with E-state index in [1.54, 1.807) is 43.3 Å². The highest BCUT2D eigenvalue weighted by molar-refractivity contribution is 6.31. The Labute approximate surface area is 204 Å². The van der Waals surface area contributed by atoms with Crippen LogP contribution >= 0.6 is 11.6 Å². The number of nitrogens with one attached hydrogen (secondary N) is 1. The summed E-state index contributed by atoms with van der Waals surface area (Å²) in [5.74, 6) is -0.442. The van der Waals surface area contributed by atoms with E-state index in [4.69, 9.17) is 16.1 Å². The third kappa shape index (κ3) is 4.28. The lowest BCUT2D eigenvalue weighted by atomic mass is 9.94. The topological polar surface area (TPSA) is 71.3 Å². The molecular formula is C26H19ClF2N4O2. The third-order valence-corrected chi connectivity index (χ3v) is 6.25. The highest BCUT2D eigenvalue weighted by Gasteiger charge is 2.36. The van der Waals surface area contributed by atoms with Crippen molar-refractivity contribution in [1.82, 2.24) is 15.5 Å². The number of urea groups is 1. The SMILES string of the molecule is CC1=C(c2nc(-c3ccc(F)cc3)no2)C(c2cccc(F)c2)NC(=O)N1c1ccc(C)c(Cl)c1. The quantitative estimate of drug-likeness (QED) is 0.345. The number of hydrogen-bond donors (Lipinski definition) is 1. The summed E-state index contributed by atoms with van der Waals surface area (Å²) in [5.41, 5.74) is 3.49. The van der Waals surface area contributed by atoms with Crippen LogP contribution in [0.4, 0.5) is 19.3 Å². The fraction of sp³-hybridized carbons (Fsp3) is 0.115. The molecule has 0 aliphatic carbocycles. The molecule has 5 rings (SSSR count). The van der Waals surface area contributed by atoms with E-state index >= 15 is 0 Å². The molecule has 1 aromatic heterocycles. The predicted molar refractivity (Wildman–Crippen MR) is 129 cm³/mol. The van der Waals surface area contributed by atoms with E-state index in [1.807, 2.05) is 13.0 Å². The van der Waals surface area contributed by atoms with Crippen molar-refractivity contribution in [1.29, 1.82) is 0 Å². The number of anilines is 1. The molecule has 2 amide bonds. The van der Waals surface area contributed by atoms with E-state index in [0.29, 0.717) is 33.1 Å². The Morgan fingerprint density at radius 1 is 1.00 bits per heavy atom. The van der Waals surface area contributed by atoms with Crippen molar-refractivity contribution in [3.05, 3.63) is 106 Å². The summed E-state index contributed by atoms with van der Waals surface area (Å²) < 4.78 is 33.0. The zero-order valence-electron chi connectivity index (χ0n) is 18.7. The Balaban J connectivity index is 1.66. The third-order valence-electron chi connectivity index (χ3n) is 5.84. The first-order valence-corrected chi connectivity index (χ1v) is 11.1. The highest BCUT2D eigenvalue weighted by Crippen LogP contribution is 2.39. The van der Waals surface area contributed by atoms with Crippen LogP contribution in [0.2, 0.25) is 5.02 Å². The fourth-order valence-electron chi connectivity index (χ4n) is 4.04. The predicted octanol–water partition coefficient (Wildman–Crippen LogP) is 6.68. The second kappa shape index (κ2) is 8.96. The Bertz CT molecular complexity index is 1470. The van der Waals surface area contributed by atoms with E-state index in [2.05, 4.69) is 15.5 Å². The van der Waals surface area contributed by atoms with Crippen molar-refractivity contribution in [3.63, 3.8) is 0 Å². The van der Waals surface area contributed by atoms with Crippen LogP contribution in [0.1, 0.15) is 30.0 Å². The van der Waals surface area contributed by atoms with Crippen LogP contribution in [0.5, 0.6) is 0 Å². The maximum atomic E-state index is 14.1. The summed E-state index contributed by atoms with van der Waals surface area (Å²) in [6.07, 6.45) is 0. The van der Waals surface area contributed by atoms with Gasteiger partial charge in [-0.15, -0.1) is 0 Å². The first kappa shape index (κ1) is 22.7. The molecule has 176 valence electrons. The van der Waals surface area contributed by atoms with E-state index in [9.17, 15) is 13.6 Å². The van der Waals surface area contributed by atoms with Crippen molar-refractivity contribution in [2.75, 3.05) is 4.90 Å². The minimum Gasteiger partial charge on any atom is -0.334 e. The van der Waals surface area contributed by atoms with Gasteiger partial charge in [-0.2, -0.15) is 4.98 Å². The standard InChI is InChI=1S/C26H19ClF2N4O2/c1-14-6-11-20(13-21(14)27)33-15(2)22(23(30-26(33)34)17-4-3-5-19(29)12-17)25-31-24(32-35-25)16-7-9-18(28)10-8-16/h3-13,23H,1-2H3,(H,30,34). The van der Waals surface area contributed by atoms with Gasteiger partial charge in [0.15, 0.2) is 0 Å². The molecule has 0 saturated carbocycles. The average molecular weight is 493 g/mol. The summed E-state index contributed by atoms with van der Waals surface area (Å²) in [6, 6.07) is 15.7. The Morgan fingerprint density at radius 2 is 1.77 bits per heavy atom. The van der Waals surface area contributed by atoms with Gasteiger partial charge in [-0.1, -0.05) is 35.0 Å². The first-order valence-electron chi connectivity index (χ1n) is 10.7. The zero-order valence-corrected chi connectivity index (χ0v) is 19.5. The molecule has 1 N–H and O–H groups in total. The van der Waals surface area contributed by atoms with Gasteiger partial charge < -0.3 is 9.84 Å². The largest absolute Gasteiger partial charge is 0.334 e. The molecule has 6 nitrogen and oxygen atoms in total. The zero-order chi connectivity index (χ0) is 24.7. The number of aromatic nitrogens is 2. The van der Waals surface area contributed by atoms with Crippen LogP contribution < -0.4 is 10.2 Å². The number of allylic oxidation sites excluding steroid dienone is 1. The summed E-state index contributed by atoms with van der Waals surface area (Å²) >= 11 is 6.32.